The number of hydrogen-bond donors (Lipinski definition) is 1. The predicted molar refractivity (Wildman–Crippen MR) is 96.4 cm³/mol. The smallest absolute Gasteiger partial charge is 0.374 e. The highest BCUT2D eigenvalue weighted by atomic mass is 32.1. The number of furan rings is 1. The minimum atomic E-state index is -0.717. The Morgan fingerprint density at radius 3 is 2.96 bits per heavy atom. The Labute approximate surface area is 156 Å². The van der Waals surface area contributed by atoms with Gasteiger partial charge in [-0.15, -0.1) is 0 Å². The third kappa shape index (κ3) is 3.85. The molecule has 0 saturated heterocycles. The molecule has 0 atom stereocenters. The van der Waals surface area contributed by atoms with Crippen LogP contribution < -0.4 is 5.32 Å². The van der Waals surface area contributed by atoms with Gasteiger partial charge in [-0.2, -0.15) is 13.8 Å². The van der Waals surface area contributed by atoms with E-state index in [1.807, 2.05) is 0 Å². The Balaban J connectivity index is 1.33. The van der Waals surface area contributed by atoms with E-state index < -0.39 is 18.5 Å². The highest BCUT2D eigenvalue weighted by Crippen LogP contribution is 2.21. The topological polar surface area (TPSA) is 112 Å². The van der Waals surface area contributed by atoms with Crippen molar-refractivity contribution in [1.29, 1.82) is 0 Å². The number of ether oxygens (including phenoxy) is 1. The average molecular weight is 383 g/mol. The molecule has 0 bridgehead atoms. The van der Waals surface area contributed by atoms with E-state index in [4.69, 9.17) is 9.15 Å². The molecule has 3 aromatic heterocycles. The molecule has 4 aromatic rings. The van der Waals surface area contributed by atoms with Gasteiger partial charge in [0.25, 0.3) is 5.91 Å². The van der Waals surface area contributed by atoms with Crippen LogP contribution in [0.15, 0.2) is 53.2 Å². The van der Waals surface area contributed by atoms with Crippen molar-refractivity contribution < 1.29 is 18.7 Å². The van der Waals surface area contributed by atoms with Crippen LogP contribution in [0, 0.1) is 0 Å². The molecular formula is C17H13N5O4S. The molecule has 10 heteroatoms. The van der Waals surface area contributed by atoms with Gasteiger partial charge in [-0.05, 0) is 30.3 Å². The Bertz CT molecular complexity index is 1090. The molecule has 1 aromatic carbocycles. The van der Waals surface area contributed by atoms with Gasteiger partial charge in [0.15, 0.2) is 6.61 Å². The maximum atomic E-state index is 12.1. The van der Waals surface area contributed by atoms with Gasteiger partial charge in [0.05, 0.1) is 24.0 Å². The van der Waals surface area contributed by atoms with E-state index in [9.17, 15) is 9.59 Å². The number of carbonyl (C=O) groups is 2. The molecule has 1 N–H and O–H groups in total. The van der Waals surface area contributed by atoms with Gasteiger partial charge in [-0.25, -0.2) is 4.79 Å². The summed E-state index contributed by atoms with van der Waals surface area (Å²) in [6.45, 7) is -0.0472. The SMILES string of the molecule is O=C(COC(=O)c1ccc(Cn2cccn2)o1)Nc1cccc2nsnc12. The lowest BCUT2D eigenvalue weighted by Crippen LogP contribution is -2.20. The second-order valence-electron chi connectivity index (χ2n) is 5.53. The number of fused-ring (bicyclic) bond motifs is 1. The maximum absolute atomic E-state index is 12.1. The van der Waals surface area contributed by atoms with Gasteiger partial charge >= 0.3 is 5.97 Å². The summed E-state index contributed by atoms with van der Waals surface area (Å²) in [6.07, 6.45) is 3.43. The van der Waals surface area contributed by atoms with Gasteiger partial charge in [0.1, 0.15) is 16.8 Å². The number of rotatable bonds is 6. The van der Waals surface area contributed by atoms with Crippen molar-refractivity contribution in [3.05, 3.63) is 60.3 Å². The summed E-state index contributed by atoms with van der Waals surface area (Å²) < 4.78 is 20.3. The second kappa shape index (κ2) is 7.38. The first-order valence-electron chi connectivity index (χ1n) is 7.93. The van der Waals surface area contributed by atoms with E-state index in [0.29, 0.717) is 29.0 Å². The largest absolute Gasteiger partial charge is 0.452 e. The van der Waals surface area contributed by atoms with Crippen LogP contribution in [-0.2, 0) is 16.1 Å². The van der Waals surface area contributed by atoms with Crippen LogP contribution in [0.2, 0.25) is 0 Å². The Hall–Kier alpha value is -3.53. The molecule has 9 nitrogen and oxygen atoms in total. The monoisotopic (exact) mass is 383 g/mol. The van der Waals surface area contributed by atoms with Crippen LogP contribution in [0.4, 0.5) is 5.69 Å². The Morgan fingerprint density at radius 1 is 1.19 bits per heavy atom. The van der Waals surface area contributed by atoms with Gasteiger partial charge in [-0.3, -0.25) is 9.48 Å². The Kier molecular flexibility index (Phi) is 4.62. The first-order chi connectivity index (χ1) is 13.2. The molecule has 0 aliphatic heterocycles. The molecule has 0 aliphatic carbocycles. The van der Waals surface area contributed by atoms with Crippen molar-refractivity contribution in [3.8, 4) is 0 Å². The molecule has 0 unspecified atom stereocenters. The third-order valence-electron chi connectivity index (χ3n) is 3.63. The third-order valence-corrected chi connectivity index (χ3v) is 4.18. The van der Waals surface area contributed by atoms with Crippen LogP contribution in [0.5, 0.6) is 0 Å². The molecule has 136 valence electrons. The molecule has 0 fully saturated rings. The van der Waals surface area contributed by atoms with Crippen molar-refractivity contribution in [1.82, 2.24) is 18.5 Å². The first-order valence-corrected chi connectivity index (χ1v) is 8.66. The van der Waals surface area contributed by atoms with E-state index in [-0.39, 0.29) is 5.76 Å². The molecule has 27 heavy (non-hydrogen) atoms. The van der Waals surface area contributed by atoms with E-state index >= 15 is 0 Å². The molecule has 4 rings (SSSR count). The highest BCUT2D eigenvalue weighted by molar-refractivity contribution is 7.00. The average Bonchev–Trinajstić information content (AvgIpc) is 3.42. The molecule has 0 saturated carbocycles. The maximum Gasteiger partial charge on any atom is 0.374 e. The minimum Gasteiger partial charge on any atom is -0.452 e. The zero-order chi connectivity index (χ0) is 18.6. The number of nitrogens with one attached hydrogen (secondary N) is 1. The van der Waals surface area contributed by atoms with E-state index in [1.54, 1.807) is 47.4 Å². The van der Waals surface area contributed by atoms with Crippen molar-refractivity contribution in [3.63, 3.8) is 0 Å². The fourth-order valence-electron chi connectivity index (χ4n) is 2.42. The second-order valence-corrected chi connectivity index (χ2v) is 6.06. The van der Waals surface area contributed by atoms with Crippen molar-refractivity contribution in [2.45, 2.75) is 6.54 Å². The normalized spacial score (nSPS) is 10.8. The highest BCUT2D eigenvalue weighted by Gasteiger charge is 2.16. The molecule has 1 amide bonds. The lowest BCUT2D eigenvalue weighted by Gasteiger charge is -2.06. The number of amides is 1. The lowest BCUT2D eigenvalue weighted by atomic mass is 10.2. The number of benzene rings is 1. The van der Waals surface area contributed by atoms with Gasteiger partial charge < -0.3 is 14.5 Å². The molecule has 0 spiro atoms. The first kappa shape index (κ1) is 16.9. The zero-order valence-electron chi connectivity index (χ0n) is 13.9. The number of anilines is 1. The number of nitrogens with zero attached hydrogens (tertiary/aromatic N) is 4. The number of hydrogen-bond acceptors (Lipinski definition) is 8. The standard InChI is InChI=1S/C17H13N5O4S/c23-15(19-12-3-1-4-13-16(12)21-27-20-13)10-25-17(24)14-6-5-11(26-14)9-22-8-2-7-18-22/h1-8H,9-10H2,(H,19,23). The molecular weight excluding hydrogens is 370 g/mol. The van der Waals surface area contributed by atoms with Crippen LogP contribution in [0.1, 0.15) is 16.3 Å². The summed E-state index contributed by atoms with van der Waals surface area (Å²) in [5.41, 5.74) is 1.80. The fourth-order valence-corrected chi connectivity index (χ4v) is 2.97. The van der Waals surface area contributed by atoms with E-state index in [1.165, 1.54) is 6.07 Å². The van der Waals surface area contributed by atoms with Crippen molar-refractivity contribution >= 4 is 40.3 Å². The summed E-state index contributed by atoms with van der Waals surface area (Å²) in [5, 5.41) is 6.72. The molecule has 3 heterocycles. The number of esters is 1. The summed E-state index contributed by atoms with van der Waals surface area (Å²) >= 11 is 1.06. The van der Waals surface area contributed by atoms with Crippen LogP contribution in [-0.4, -0.2) is 37.0 Å². The molecule has 0 radical (unpaired) electrons. The number of carbonyl (C=O) groups excluding carboxylic acids is 2. The van der Waals surface area contributed by atoms with Crippen LogP contribution >= 0.6 is 11.7 Å². The predicted octanol–water partition coefficient (Wildman–Crippen LogP) is 2.32. The van der Waals surface area contributed by atoms with Crippen LogP contribution in [0.25, 0.3) is 11.0 Å². The Morgan fingerprint density at radius 2 is 2.11 bits per heavy atom. The summed E-state index contributed by atoms with van der Waals surface area (Å²) in [5.74, 6) is -0.619. The minimum absolute atomic E-state index is 0.0239. The lowest BCUT2D eigenvalue weighted by molar-refractivity contribution is -0.119. The summed E-state index contributed by atoms with van der Waals surface area (Å²) in [6, 6.07) is 10.2. The van der Waals surface area contributed by atoms with Crippen LogP contribution in [0.3, 0.4) is 0 Å². The van der Waals surface area contributed by atoms with E-state index in [0.717, 1.165) is 11.7 Å². The van der Waals surface area contributed by atoms with Gasteiger partial charge in [0, 0.05) is 12.4 Å². The van der Waals surface area contributed by atoms with Gasteiger partial charge in [0.2, 0.25) is 5.76 Å². The zero-order valence-corrected chi connectivity index (χ0v) is 14.7. The van der Waals surface area contributed by atoms with E-state index in [2.05, 4.69) is 19.2 Å². The van der Waals surface area contributed by atoms with Gasteiger partial charge in [-0.1, -0.05) is 6.07 Å². The molecule has 0 aliphatic rings. The van der Waals surface area contributed by atoms with Crippen molar-refractivity contribution in [2.24, 2.45) is 0 Å². The fraction of sp³-hybridized carbons (Fsp3) is 0.118. The number of aromatic nitrogens is 4. The van der Waals surface area contributed by atoms with Crippen molar-refractivity contribution in [2.75, 3.05) is 11.9 Å². The summed E-state index contributed by atoms with van der Waals surface area (Å²) in [7, 11) is 0. The summed E-state index contributed by atoms with van der Waals surface area (Å²) in [4.78, 5) is 24.1. The quantitative estimate of drug-likeness (QED) is 0.509.